The Hall–Kier alpha value is 3.48. The van der Waals surface area contributed by atoms with Crippen molar-refractivity contribution in [3.8, 4) is 0 Å². The van der Waals surface area contributed by atoms with Crippen LogP contribution in [0, 0.1) is 0 Å². The number of rotatable bonds is 0. The summed E-state index contributed by atoms with van der Waals surface area (Å²) in [5, 5.41) is 0. The van der Waals surface area contributed by atoms with Crippen LogP contribution in [0.3, 0.4) is 0 Å². The molecule has 16 valence electrons. The molecule has 0 aliphatic carbocycles. The first kappa shape index (κ1) is 25.9. The summed E-state index contributed by atoms with van der Waals surface area (Å²) >= 11 is 0. The fraction of sp³-hybridized carbons (Fsp3) is 0. The Bertz CT molecular complexity index is 8.00. The van der Waals surface area contributed by atoms with Crippen LogP contribution in [0.4, 0.5) is 0 Å². The van der Waals surface area contributed by atoms with Crippen LogP contribution in [0.2, 0.25) is 0 Å². The molecule has 0 aliphatic heterocycles. The van der Waals surface area contributed by atoms with Crippen molar-refractivity contribution in [1.29, 1.82) is 0 Å². The first-order valence-corrected chi connectivity index (χ1v) is 0. The Morgan fingerprint density at radius 1 is 1.00 bits per heavy atom. The van der Waals surface area contributed by atoms with Gasteiger partial charge in [0.2, 0.25) is 0 Å². The van der Waals surface area contributed by atoms with E-state index < -0.39 is 0 Å². The average Bonchev–Trinajstić information content (AvgIpc) is 0. The molecule has 0 rings (SSSR count). The van der Waals surface area contributed by atoms with Crippen LogP contribution in [0.15, 0.2) is 0 Å². The summed E-state index contributed by atoms with van der Waals surface area (Å²) in [6, 6.07) is 0. The molecule has 0 saturated heterocycles. The molecule has 0 radical (unpaired) electrons. The second kappa shape index (κ2) is 16.1. The summed E-state index contributed by atoms with van der Waals surface area (Å²) in [7, 11) is 0. The van der Waals surface area contributed by atoms with Crippen LogP contribution >= 0.6 is 0 Å². The molecule has 2 N–H and O–H groups in total. The van der Waals surface area contributed by atoms with E-state index in [9.17, 15) is 0 Å². The topological polar surface area (TPSA) is 31.5 Å². The van der Waals surface area contributed by atoms with E-state index in [-0.39, 0.29) is 114 Å². The molecule has 0 bridgehead atoms. The molecule has 0 amide bonds. The zero-order valence-electron chi connectivity index (χ0n) is 1.21. The maximum atomic E-state index is 0. The van der Waals surface area contributed by atoms with Crippen LogP contribution < -0.4 is 0 Å². The normalized spacial score (nSPS) is 0. The van der Waals surface area contributed by atoms with E-state index in [1.807, 2.05) is 0 Å². The van der Waals surface area contributed by atoms with E-state index in [1.165, 1.54) is 0 Å². The van der Waals surface area contributed by atoms with Gasteiger partial charge in [-0.05, 0) is 0 Å². The molecule has 0 aliphatic rings. The monoisotopic (exact) mass is 164 g/mol. The molecule has 0 spiro atoms. The zero-order valence-corrected chi connectivity index (χ0v) is 4.17. The molecule has 1 nitrogen and oxygen atoms in total. The molecule has 0 heterocycles. The molecule has 0 fully saturated rings. The minimum Gasteiger partial charge on any atom is 0 e. The van der Waals surface area contributed by atoms with Gasteiger partial charge in [-0.25, -0.2) is 0 Å². The van der Waals surface area contributed by atoms with Crippen molar-refractivity contribution in [2.75, 3.05) is 0 Å². The van der Waals surface area contributed by atoms with Crippen LogP contribution in [0.1, 0.15) is 0 Å². The smallest absolute Gasteiger partial charge is 0 e. The molecule has 0 atom stereocenters. The summed E-state index contributed by atoms with van der Waals surface area (Å²) in [6.07, 6.45) is 0. The first-order valence-electron chi connectivity index (χ1n) is 0. The Kier molecular flexibility index (Phi) is 104. The van der Waals surface area contributed by atoms with Crippen LogP contribution in [-0.4, -0.2) is 94.6 Å². The number of hydrogen-bond donors (Lipinski definition) is 0. The Morgan fingerprint density at radius 3 is 1.00 bits per heavy atom. The van der Waals surface area contributed by atoms with E-state index in [2.05, 4.69) is 0 Å². The molecule has 0 aromatic carbocycles. The van der Waals surface area contributed by atoms with E-state index >= 15 is 0 Å². The van der Waals surface area contributed by atoms with Gasteiger partial charge < -0.3 is 5.48 Å². The Labute approximate surface area is 111 Å². The van der Waals surface area contributed by atoms with Gasteiger partial charge in [0.15, 0.2) is 0 Å². The van der Waals surface area contributed by atoms with Crippen molar-refractivity contribution in [3.05, 3.63) is 0 Å². The van der Waals surface area contributed by atoms with Crippen molar-refractivity contribution in [1.82, 2.24) is 0 Å². The third-order valence-electron chi connectivity index (χ3n) is 0. The average molecular weight is 166 g/mol. The SMILES string of the molecule is O.[CaH2].[KH].[Zn]. The van der Waals surface area contributed by atoms with Crippen LogP contribution in [0.5, 0.6) is 0 Å². The van der Waals surface area contributed by atoms with Crippen LogP contribution in [0.25, 0.3) is 0 Å². The molecule has 0 unspecified atom stereocenters. The van der Waals surface area contributed by atoms with E-state index in [1.54, 1.807) is 0 Å². The largest absolute Gasteiger partial charge is 0 e. The van der Waals surface area contributed by atoms with Crippen molar-refractivity contribution < 1.29 is 25.0 Å². The maximum Gasteiger partial charge on any atom is 0 e. The first-order chi connectivity index (χ1) is 0. The fourth-order valence-corrected chi connectivity index (χ4v) is 0. The summed E-state index contributed by atoms with van der Waals surface area (Å²) < 4.78 is 0. The summed E-state index contributed by atoms with van der Waals surface area (Å²) in [5.41, 5.74) is 0. The van der Waals surface area contributed by atoms with Crippen molar-refractivity contribution in [2.24, 2.45) is 0 Å². The van der Waals surface area contributed by atoms with Gasteiger partial charge in [0.1, 0.15) is 0 Å². The van der Waals surface area contributed by atoms with Gasteiger partial charge in [-0.1, -0.05) is 0 Å². The molecule has 0 saturated carbocycles. The molecule has 0 aromatic heterocycles. The van der Waals surface area contributed by atoms with Crippen LogP contribution in [-0.2, 0) is 19.5 Å². The minimum absolute atomic E-state index is 0. The van der Waals surface area contributed by atoms with Gasteiger partial charge in [0.25, 0.3) is 0 Å². The number of hydrogen-bond acceptors (Lipinski definition) is 0. The van der Waals surface area contributed by atoms with Gasteiger partial charge in [-0.2, -0.15) is 0 Å². The van der Waals surface area contributed by atoms with Gasteiger partial charge >= 0.3 is 89.1 Å². The van der Waals surface area contributed by atoms with Crippen molar-refractivity contribution in [2.45, 2.75) is 0 Å². The minimum atomic E-state index is 0. The molecule has 4 heavy (non-hydrogen) atoms. The molecule has 4 heteroatoms. The summed E-state index contributed by atoms with van der Waals surface area (Å²) in [4.78, 5) is 0. The summed E-state index contributed by atoms with van der Waals surface area (Å²) in [6.45, 7) is 0. The van der Waals surface area contributed by atoms with Gasteiger partial charge in [0, 0.05) is 19.5 Å². The molecular formula is H5CaKOZn. The predicted octanol–water partition coefficient (Wildman–Crippen LogP) is -2.39. The van der Waals surface area contributed by atoms with E-state index in [0.717, 1.165) is 0 Å². The Balaban J connectivity index is 0. The predicted molar refractivity (Wildman–Crippen MR) is 19.3 cm³/mol. The van der Waals surface area contributed by atoms with Crippen molar-refractivity contribution in [3.63, 3.8) is 0 Å². The zero-order chi connectivity index (χ0) is 0. The summed E-state index contributed by atoms with van der Waals surface area (Å²) in [5.74, 6) is 0. The Morgan fingerprint density at radius 2 is 1.00 bits per heavy atom. The van der Waals surface area contributed by atoms with Gasteiger partial charge in [-0.3, -0.25) is 0 Å². The van der Waals surface area contributed by atoms with E-state index in [0.29, 0.717) is 0 Å². The molecular weight excluding hydrogens is 161 g/mol. The van der Waals surface area contributed by atoms with Gasteiger partial charge in [-0.15, -0.1) is 0 Å². The standard InChI is InChI=1S/Ca.K.H2O.Zn.3H/h;;1H2;;;;. The third kappa shape index (κ3) is 9.08. The van der Waals surface area contributed by atoms with Gasteiger partial charge in [0.05, 0.1) is 0 Å². The molecule has 0 aromatic rings. The second-order valence-corrected chi connectivity index (χ2v) is 0. The second-order valence-electron chi connectivity index (χ2n) is 0. The fourth-order valence-electron chi connectivity index (χ4n) is 0. The maximum absolute atomic E-state index is 0. The third-order valence-corrected chi connectivity index (χ3v) is 0. The van der Waals surface area contributed by atoms with E-state index in [4.69, 9.17) is 0 Å². The van der Waals surface area contributed by atoms with Crippen molar-refractivity contribution >= 4 is 89.1 Å². The quantitative estimate of drug-likeness (QED) is 0.359.